The smallest absolute Gasteiger partial charge is 0.146 e. The van der Waals surface area contributed by atoms with Gasteiger partial charge in [0.2, 0.25) is 0 Å². The Bertz CT molecular complexity index is 340. The second kappa shape index (κ2) is 5.77. The van der Waals surface area contributed by atoms with Gasteiger partial charge in [-0.15, -0.1) is 11.8 Å². The summed E-state index contributed by atoms with van der Waals surface area (Å²) in [6.07, 6.45) is 2.35. The van der Waals surface area contributed by atoms with Gasteiger partial charge >= 0.3 is 0 Å². The average molecular weight is 291 g/mol. The molecule has 1 rings (SSSR count). The van der Waals surface area contributed by atoms with Crippen LogP contribution < -0.4 is 4.74 Å². The number of thioether (sulfide) groups is 1. The van der Waals surface area contributed by atoms with Crippen molar-refractivity contribution < 1.29 is 9.84 Å². The van der Waals surface area contributed by atoms with Crippen molar-refractivity contribution in [1.82, 2.24) is 0 Å². The molecule has 1 aromatic carbocycles. The van der Waals surface area contributed by atoms with E-state index in [0.29, 0.717) is 6.42 Å². The highest BCUT2D eigenvalue weighted by Crippen LogP contribution is 2.36. The number of hydrogen-bond donors (Lipinski definition) is 1. The third-order valence-electron chi connectivity index (χ3n) is 2.02. The Morgan fingerprint density at radius 1 is 1.53 bits per heavy atom. The van der Waals surface area contributed by atoms with Crippen molar-refractivity contribution in [2.45, 2.75) is 24.3 Å². The third kappa shape index (κ3) is 3.40. The number of hydrogen-bond acceptors (Lipinski definition) is 3. The molecule has 0 aliphatic heterocycles. The Balaban J connectivity index is 3.08. The number of aliphatic hydroxyl groups excluding tert-OH is 1. The maximum absolute atomic E-state index is 9.33. The van der Waals surface area contributed by atoms with Crippen LogP contribution >= 0.6 is 27.7 Å². The summed E-state index contributed by atoms with van der Waals surface area (Å²) in [6.45, 7) is 1.79. The maximum Gasteiger partial charge on any atom is 0.146 e. The quantitative estimate of drug-likeness (QED) is 0.864. The topological polar surface area (TPSA) is 29.5 Å². The molecule has 4 heteroatoms. The summed E-state index contributed by atoms with van der Waals surface area (Å²) in [5, 5.41) is 9.33. The van der Waals surface area contributed by atoms with Crippen LogP contribution in [-0.2, 0) is 6.42 Å². The lowest BCUT2D eigenvalue weighted by molar-refractivity contribution is 0.195. The minimum absolute atomic E-state index is 0.319. The zero-order chi connectivity index (χ0) is 11.4. The van der Waals surface area contributed by atoms with Crippen molar-refractivity contribution in [3.05, 3.63) is 22.2 Å². The van der Waals surface area contributed by atoms with E-state index in [1.54, 1.807) is 25.8 Å². The highest BCUT2D eigenvalue weighted by Gasteiger charge is 2.10. The molecule has 0 spiro atoms. The molecule has 2 nitrogen and oxygen atoms in total. The number of rotatable bonds is 4. The molecule has 0 bridgehead atoms. The average Bonchev–Trinajstić information content (AvgIpc) is 2.15. The molecule has 1 unspecified atom stereocenters. The van der Waals surface area contributed by atoms with Gasteiger partial charge in [-0.25, -0.2) is 0 Å². The molecule has 0 saturated carbocycles. The number of halogens is 1. The first-order chi connectivity index (χ1) is 7.08. The van der Waals surface area contributed by atoms with Crippen LogP contribution in [0.1, 0.15) is 12.5 Å². The summed E-state index contributed by atoms with van der Waals surface area (Å²) in [5.41, 5.74) is 1.11. The van der Waals surface area contributed by atoms with Crippen LogP contribution in [0.4, 0.5) is 0 Å². The maximum atomic E-state index is 9.33. The Morgan fingerprint density at radius 2 is 2.20 bits per heavy atom. The van der Waals surface area contributed by atoms with E-state index in [9.17, 15) is 5.11 Å². The van der Waals surface area contributed by atoms with Crippen LogP contribution in [0.15, 0.2) is 21.5 Å². The van der Waals surface area contributed by atoms with Gasteiger partial charge in [-0.05, 0) is 53.2 Å². The predicted octanol–water partition coefficient (Wildman–Crippen LogP) is 3.10. The van der Waals surface area contributed by atoms with Crippen LogP contribution in [0.5, 0.6) is 5.75 Å². The minimum atomic E-state index is -0.319. The Labute approximate surface area is 103 Å². The summed E-state index contributed by atoms with van der Waals surface area (Å²) < 4.78 is 6.23. The van der Waals surface area contributed by atoms with Gasteiger partial charge in [0.15, 0.2) is 0 Å². The van der Waals surface area contributed by atoms with E-state index in [2.05, 4.69) is 22.0 Å². The molecule has 0 radical (unpaired) electrons. The molecule has 0 amide bonds. The van der Waals surface area contributed by atoms with Gasteiger partial charge in [0.1, 0.15) is 5.75 Å². The first kappa shape index (κ1) is 12.9. The highest BCUT2D eigenvalue weighted by molar-refractivity contribution is 9.10. The summed E-state index contributed by atoms with van der Waals surface area (Å²) in [6, 6.07) is 4.05. The fraction of sp³-hybridized carbons (Fsp3) is 0.455. The number of benzene rings is 1. The number of ether oxygens (including phenoxy) is 1. The van der Waals surface area contributed by atoms with Crippen LogP contribution in [0.3, 0.4) is 0 Å². The lowest BCUT2D eigenvalue weighted by atomic mass is 10.1. The third-order valence-corrected chi connectivity index (χ3v) is 3.36. The normalized spacial score (nSPS) is 12.6. The Hall–Kier alpha value is -0.190. The fourth-order valence-corrected chi connectivity index (χ4v) is 2.88. The van der Waals surface area contributed by atoms with Crippen LogP contribution in [0, 0.1) is 0 Å². The lowest BCUT2D eigenvalue weighted by Crippen LogP contribution is -2.04. The first-order valence-corrected chi connectivity index (χ1v) is 6.68. The van der Waals surface area contributed by atoms with E-state index in [0.717, 1.165) is 20.7 Å². The molecule has 15 heavy (non-hydrogen) atoms. The van der Waals surface area contributed by atoms with Crippen molar-refractivity contribution in [1.29, 1.82) is 0 Å². The van der Waals surface area contributed by atoms with E-state index in [-0.39, 0.29) is 6.10 Å². The second-order valence-corrected chi connectivity index (χ2v) is 5.07. The van der Waals surface area contributed by atoms with Crippen molar-refractivity contribution in [3.63, 3.8) is 0 Å². The van der Waals surface area contributed by atoms with Crippen molar-refractivity contribution in [2.75, 3.05) is 13.4 Å². The second-order valence-electron chi connectivity index (χ2n) is 3.37. The van der Waals surface area contributed by atoms with E-state index in [1.807, 2.05) is 12.3 Å². The van der Waals surface area contributed by atoms with E-state index < -0.39 is 0 Å². The van der Waals surface area contributed by atoms with Crippen LogP contribution in [0.25, 0.3) is 0 Å². The molecule has 0 fully saturated rings. The van der Waals surface area contributed by atoms with E-state index in [1.165, 1.54) is 0 Å². The Kier molecular flexibility index (Phi) is 4.96. The van der Waals surface area contributed by atoms with Gasteiger partial charge < -0.3 is 9.84 Å². The first-order valence-electron chi connectivity index (χ1n) is 4.67. The van der Waals surface area contributed by atoms with Crippen molar-refractivity contribution >= 4 is 27.7 Å². The fourth-order valence-electron chi connectivity index (χ4n) is 1.43. The van der Waals surface area contributed by atoms with Gasteiger partial charge in [0.05, 0.1) is 22.6 Å². The summed E-state index contributed by atoms with van der Waals surface area (Å²) in [4.78, 5) is 1.09. The summed E-state index contributed by atoms with van der Waals surface area (Å²) >= 11 is 5.11. The minimum Gasteiger partial charge on any atom is -0.494 e. The standard InChI is InChI=1S/C11H15BrO2S/c1-7(13)4-8-5-9(12)11(14-2)10(6-8)15-3/h5-7,13H,4H2,1-3H3. The number of aliphatic hydroxyl groups is 1. The summed E-state index contributed by atoms with van der Waals surface area (Å²) in [7, 11) is 1.66. The Morgan fingerprint density at radius 3 is 2.67 bits per heavy atom. The monoisotopic (exact) mass is 290 g/mol. The molecule has 0 aliphatic carbocycles. The van der Waals surface area contributed by atoms with E-state index >= 15 is 0 Å². The van der Waals surface area contributed by atoms with Gasteiger partial charge in [-0.3, -0.25) is 0 Å². The van der Waals surface area contributed by atoms with Crippen LogP contribution in [0.2, 0.25) is 0 Å². The SMILES string of the molecule is COc1c(Br)cc(CC(C)O)cc1SC. The van der Waals surface area contributed by atoms with Crippen molar-refractivity contribution in [3.8, 4) is 5.75 Å². The summed E-state index contributed by atoms with van der Waals surface area (Å²) in [5.74, 6) is 0.858. The van der Waals surface area contributed by atoms with E-state index in [4.69, 9.17) is 4.74 Å². The van der Waals surface area contributed by atoms with Gasteiger partial charge in [0.25, 0.3) is 0 Å². The molecule has 1 N–H and O–H groups in total. The molecular weight excluding hydrogens is 276 g/mol. The lowest BCUT2D eigenvalue weighted by Gasteiger charge is -2.12. The van der Waals surface area contributed by atoms with Crippen molar-refractivity contribution in [2.24, 2.45) is 0 Å². The predicted molar refractivity (Wildman–Crippen MR) is 67.9 cm³/mol. The van der Waals surface area contributed by atoms with Gasteiger partial charge in [-0.1, -0.05) is 0 Å². The zero-order valence-corrected chi connectivity index (χ0v) is 11.5. The molecular formula is C11H15BrO2S. The number of methoxy groups -OCH3 is 1. The molecule has 1 aromatic rings. The molecule has 0 heterocycles. The molecule has 0 aliphatic rings. The molecule has 0 aromatic heterocycles. The van der Waals surface area contributed by atoms with Crippen LogP contribution in [-0.4, -0.2) is 24.6 Å². The zero-order valence-electron chi connectivity index (χ0n) is 9.08. The molecule has 1 atom stereocenters. The van der Waals surface area contributed by atoms with Gasteiger partial charge in [-0.2, -0.15) is 0 Å². The molecule has 84 valence electrons. The largest absolute Gasteiger partial charge is 0.494 e. The highest BCUT2D eigenvalue weighted by atomic mass is 79.9. The molecule has 0 saturated heterocycles. The van der Waals surface area contributed by atoms with Gasteiger partial charge in [0, 0.05) is 0 Å².